The first-order valence-corrected chi connectivity index (χ1v) is 8.58. The number of hydrogen-bond donors (Lipinski definition) is 0. The summed E-state index contributed by atoms with van der Waals surface area (Å²) >= 11 is 0. The Morgan fingerprint density at radius 1 is 1.26 bits per heavy atom. The van der Waals surface area contributed by atoms with Gasteiger partial charge in [-0.05, 0) is 50.0 Å². The van der Waals surface area contributed by atoms with Crippen LogP contribution >= 0.6 is 0 Å². The van der Waals surface area contributed by atoms with E-state index >= 15 is 0 Å². The molecule has 0 aromatic rings. The van der Waals surface area contributed by atoms with Crippen molar-refractivity contribution in [3.63, 3.8) is 0 Å². The number of carbonyl (C=O) groups is 2. The van der Waals surface area contributed by atoms with Gasteiger partial charge in [0.05, 0.1) is 18.6 Å². The molecule has 0 aromatic heterocycles. The minimum atomic E-state index is -0.768. The van der Waals surface area contributed by atoms with Crippen LogP contribution in [0, 0.1) is 22.7 Å². The molecule has 23 heavy (non-hydrogen) atoms. The van der Waals surface area contributed by atoms with E-state index in [2.05, 4.69) is 19.9 Å². The van der Waals surface area contributed by atoms with Gasteiger partial charge in [-0.25, -0.2) is 0 Å². The highest BCUT2D eigenvalue weighted by Gasteiger charge is 2.62. The molecule has 4 heteroatoms. The fourth-order valence-electron chi connectivity index (χ4n) is 4.88. The van der Waals surface area contributed by atoms with E-state index in [0.717, 1.165) is 24.8 Å². The minimum Gasteiger partial charge on any atom is -0.469 e. The fraction of sp³-hybridized carbons (Fsp3) is 0.789. The number of methoxy groups -OCH3 is 2. The zero-order chi connectivity index (χ0) is 17.4. The standard InChI is InChI=1S/C19H30O4/c1-12(2)11-13-7-8-14-18(3,16(13)20)10-9-15(22-5)19(14,4)17(21)23-6/h11-12,14-15H,7-10H2,1-6H3/b13-11-/t14-,15+,18+,19-/m1/s1. The maximum atomic E-state index is 13.1. The Labute approximate surface area is 139 Å². The number of fused-ring (bicyclic) bond motifs is 1. The summed E-state index contributed by atoms with van der Waals surface area (Å²) < 4.78 is 10.7. The summed E-state index contributed by atoms with van der Waals surface area (Å²) in [6.45, 7) is 8.13. The zero-order valence-corrected chi connectivity index (χ0v) is 15.3. The smallest absolute Gasteiger partial charge is 0.314 e. The van der Waals surface area contributed by atoms with Crippen molar-refractivity contribution in [2.75, 3.05) is 14.2 Å². The summed E-state index contributed by atoms with van der Waals surface area (Å²) in [5, 5.41) is 0. The molecule has 2 aliphatic carbocycles. The molecule has 4 atom stereocenters. The number of hydrogen-bond acceptors (Lipinski definition) is 4. The third-order valence-electron chi connectivity index (χ3n) is 6.04. The number of esters is 1. The maximum Gasteiger partial charge on any atom is 0.314 e. The molecule has 0 unspecified atom stereocenters. The van der Waals surface area contributed by atoms with Crippen LogP contribution in [0.25, 0.3) is 0 Å². The molecule has 130 valence electrons. The highest BCUT2D eigenvalue weighted by molar-refractivity contribution is 6.01. The number of allylic oxidation sites excluding steroid dienone is 2. The van der Waals surface area contributed by atoms with Gasteiger partial charge in [-0.2, -0.15) is 0 Å². The summed E-state index contributed by atoms with van der Waals surface area (Å²) in [5.41, 5.74) is -0.339. The van der Waals surface area contributed by atoms with E-state index in [1.807, 2.05) is 13.8 Å². The van der Waals surface area contributed by atoms with E-state index in [1.165, 1.54) is 7.11 Å². The van der Waals surface area contributed by atoms with E-state index in [0.29, 0.717) is 12.3 Å². The minimum absolute atomic E-state index is 0.0436. The highest BCUT2D eigenvalue weighted by Crippen LogP contribution is 2.58. The van der Waals surface area contributed by atoms with Gasteiger partial charge in [0.25, 0.3) is 0 Å². The monoisotopic (exact) mass is 322 g/mol. The molecule has 0 saturated heterocycles. The second-order valence-corrected chi connectivity index (χ2v) is 7.81. The van der Waals surface area contributed by atoms with E-state index in [-0.39, 0.29) is 23.8 Å². The molecular weight excluding hydrogens is 292 g/mol. The van der Waals surface area contributed by atoms with Crippen LogP contribution < -0.4 is 0 Å². The zero-order valence-electron chi connectivity index (χ0n) is 15.3. The van der Waals surface area contributed by atoms with E-state index in [4.69, 9.17) is 9.47 Å². The van der Waals surface area contributed by atoms with Crippen molar-refractivity contribution in [3.8, 4) is 0 Å². The molecule has 2 rings (SSSR count). The van der Waals surface area contributed by atoms with Gasteiger partial charge in [-0.1, -0.05) is 26.8 Å². The Kier molecular flexibility index (Phi) is 5.05. The number of ketones is 1. The van der Waals surface area contributed by atoms with Gasteiger partial charge in [-0.3, -0.25) is 9.59 Å². The molecule has 0 amide bonds. The van der Waals surface area contributed by atoms with Crippen molar-refractivity contribution >= 4 is 11.8 Å². The molecule has 0 heterocycles. The molecule has 2 saturated carbocycles. The molecule has 0 radical (unpaired) electrons. The number of Topliss-reactive ketones (excluding diaryl/α,β-unsaturated/α-hetero) is 1. The summed E-state index contributed by atoms with van der Waals surface area (Å²) in [4.78, 5) is 25.7. The summed E-state index contributed by atoms with van der Waals surface area (Å²) in [6, 6.07) is 0. The molecule has 2 aliphatic rings. The van der Waals surface area contributed by atoms with Gasteiger partial charge >= 0.3 is 5.97 Å². The molecule has 0 bridgehead atoms. The van der Waals surface area contributed by atoms with Crippen molar-refractivity contribution in [2.45, 2.75) is 59.5 Å². The molecule has 0 N–H and O–H groups in total. The van der Waals surface area contributed by atoms with Crippen LogP contribution in [0.5, 0.6) is 0 Å². The third kappa shape index (κ3) is 2.75. The molecule has 0 aliphatic heterocycles. The first-order valence-electron chi connectivity index (χ1n) is 8.58. The Hall–Kier alpha value is -1.16. The summed E-state index contributed by atoms with van der Waals surface area (Å²) in [6.07, 6.45) is 4.91. The fourth-order valence-corrected chi connectivity index (χ4v) is 4.88. The SMILES string of the molecule is COC(=O)[C@@]1(C)[C@@H](OC)CC[C@]2(C)C(=O)/C(=C\C(C)C)CC[C@@H]12. The normalized spacial score (nSPS) is 39.4. The van der Waals surface area contributed by atoms with Crippen LogP contribution in [0.3, 0.4) is 0 Å². The highest BCUT2D eigenvalue weighted by atomic mass is 16.5. The van der Waals surface area contributed by atoms with E-state index in [1.54, 1.807) is 7.11 Å². The van der Waals surface area contributed by atoms with Crippen LogP contribution in [0.2, 0.25) is 0 Å². The van der Waals surface area contributed by atoms with Crippen molar-refractivity contribution in [1.29, 1.82) is 0 Å². The Bertz CT molecular complexity index is 521. The van der Waals surface area contributed by atoms with Crippen LogP contribution in [0.1, 0.15) is 53.4 Å². The molecule has 4 nitrogen and oxygen atoms in total. The van der Waals surface area contributed by atoms with Crippen molar-refractivity contribution in [2.24, 2.45) is 22.7 Å². The summed E-state index contributed by atoms with van der Waals surface area (Å²) in [7, 11) is 3.06. The van der Waals surface area contributed by atoms with Gasteiger partial charge in [0.1, 0.15) is 0 Å². The predicted molar refractivity (Wildman–Crippen MR) is 88.9 cm³/mol. The quantitative estimate of drug-likeness (QED) is 0.589. The lowest BCUT2D eigenvalue weighted by Gasteiger charge is -2.55. The molecule has 0 spiro atoms. The second kappa shape index (κ2) is 6.39. The largest absolute Gasteiger partial charge is 0.469 e. The van der Waals surface area contributed by atoms with Crippen LogP contribution in [0.4, 0.5) is 0 Å². The van der Waals surface area contributed by atoms with Crippen LogP contribution in [0.15, 0.2) is 11.6 Å². The second-order valence-electron chi connectivity index (χ2n) is 7.81. The van der Waals surface area contributed by atoms with Crippen LogP contribution in [-0.2, 0) is 19.1 Å². The Balaban J connectivity index is 2.46. The lowest BCUT2D eigenvalue weighted by atomic mass is 9.49. The van der Waals surface area contributed by atoms with E-state index < -0.39 is 10.8 Å². The lowest BCUT2D eigenvalue weighted by molar-refractivity contribution is -0.186. The number of ether oxygens (including phenoxy) is 2. The molecule has 0 aromatic carbocycles. The van der Waals surface area contributed by atoms with Gasteiger partial charge in [0.2, 0.25) is 0 Å². The average molecular weight is 322 g/mol. The third-order valence-corrected chi connectivity index (χ3v) is 6.04. The van der Waals surface area contributed by atoms with Gasteiger partial charge < -0.3 is 9.47 Å². The van der Waals surface area contributed by atoms with Crippen molar-refractivity contribution in [3.05, 3.63) is 11.6 Å². The van der Waals surface area contributed by atoms with E-state index in [9.17, 15) is 9.59 Å². The first kappa shape index (κ1) is 18.2. The topological polar surface area (TPSA) is 52.6 Å². The lowest BCUT2D eigenvalue weighted by Crippen LogP contribution is -2.60. The van der Waals surface area contributed by atoms with Gasteiger partial charge in [-0.15, -0.1) is 0 Å². The van der Waals surface area contributed by atoms with Gasteiger partial charge in [0.15, 0.2) is 5.78 Å². The molecule has 2 fully saturated rings. The first-order chi connectivity index (χ1) is 10.7. The number of rotatable bonds is 3. The maximum absolute atomic E-state index is 13.1. The Morgan fingerprint density at radius 3 is 2.43 bits per heavy atom. The van der Waals surface area contributed by atoms with Crippen molar-refractivity contribution < 1.29 is 19.1 Å². The van der Waals surface area contributed by atoms with Gasteiger partial charge in [0, 0.05) is 12.5 Å². The average Bonchev–Trinajstić information content (AvgIpc) is 2.50. The Morgan fingerprint density at radius 2 is 1.91 bits per heavy atom. The van der Waals surface area contributed by atoms with Crippen LogP contribution in [-0.4, -0.2) is 32.1 Å². The molecular formula is C19H30O4. The number of carbonyl (C=O) groups excluding carboxylic acids is 2. The van der Waals surface area contributed by atoms with Crippen molar-refractivity contribution in [1.82, 2.24) is 0 Å². The summed E-state index contributed by atoms with van der Waals surface area (Å²) in [5.74, 6) is 0.269. The predicted octanol–water partition coefficient (Wildman–Crippen LogP) is 3.54.